The molecule has 1 aliphatic carbocycles. The molecular weight excluding hydrogens is 183 g/mol. The first-order chi connectivity index (χ1) is 6.68. The third-order valence-electron chi connectivity index (χ3n) is 2.20. The second-order valence-electron chi connectivity index (χ2n) is 3.17. The summed E-state index contributed by atoms with van der Waals surface area (Å²) in [4.78, 5) is 15.0. The number of allylic oxidation sites excluding steroid dienone is 2. The Morgan fingerprint density at radius 3 is 2.86 bits per heavy atom. The van der Waals surface area contributed by atoms with Crippen LogP contribution in [0.5, 0.6) is 0 Å². The van der Waals surface area contributed by atoms with Gasteiger partial charge in [0.25, 0.3) is 0 Å². The highest BCUT2D eigenvalue weighted by Gasteiger charge is 2.17. The summed E-state index contributed by atoms with van der Waals surface area (Å²) in [5.41, 5.74) is 6.30. The van der Waals surface area contributed by atoms with Crippen molar-refractivity contribution in [2.75, 3.05) is 5.73 Å². The number of carbonyl (C=O) groups excluding carboxylic acids is 1. The lowest BCUT2D eigenvalue weighted by Crippen LogP contribution is -2.00. The first-order valence-electron chi connectivity index (χ1n) is 4.33. The molecule has 4 heteroatoms. The summed E-state index contributed by atoms with van der Waals surface area (Å²) in [7, 11) is 0. The predicted molar refractivity (Wildman–Crippen MR) is 50.8 cm³/mol. The number of nitrogen functional groups attached to an aromatic ring is 1. The highest BCUT2D eigenvalue weighted by Crippen LogP contribution is 2.25. The van der Waals surface area contributed by atoms with Gasteiger partial charge in [0.1, 0.15) is 0 Å². The van der Waals surface area contributed by atoms with Gasteiger partial charge in [-0.2, -0.15) is 0 Å². The summed E-state index contributed by atoms with van der Waals surface area (Å²) >= 11 is 0. The van der Waals surface area contributed by atoms with Crippen LogP contribution in [-0.2, 0) is 4.79 Å². The summed E-state index contributed by atoms with van der Waals surface area (Å²) in [5.74, 6) is -0.682. The van der Waals surface area contributed by atoms with Gasteiger partial charge in [0, 0.05) is 23.8 Å². The molecule has 2 N–H and O–H groups in total. The molecule has 0 atom stereocenters. The third kappa shape index (κ3) is 1.39. The Morgan fingerprint density at radius 2 is 2.29 bits per heavy atom. The average molecular weight is 192 g/mol. The number of rotatable bonds is 1. The zero-order chi connectivity index (χ0) is 10.1. The SMILES string of the molecule is Nc1ncc(C2=CCCC2=O)cc1F. The molecule has 0 spiro atoms. The van der Waals surface area contributed by atoms with Crippen LogP contribution in [0.4, 0.5) is 10.2 Å². The molecule has 0 radical (unpaired) electrons. The van der Waals surface area contributed by atoms with E-state index in [0.717, 1.165) is 6.42 Å². The second kappa shape index (κ2) is 3.21. The molecule has 0 unspecified atom stereocenters. The van der Waals surface area contributed by atoms with Gasteiger partial charge in [0.2, 0.25) is 0 Å². The maximum absolute atomic E-state index is 13.0. The minimum Gasteiger partial charge on any atom is -0.381 e. The van der Waals surface area contributed by atoms with E-state index < -0.39 is 5.82 Å². The quantitative estimate of drug-likeness (QED) is 0.734. The number of hydrogen-bond acceptors (Lipinski definition) is 3. The molecule has 0 saturated heterocycles. The molecule has 1 aliphatic rings. The Kier molecular flexibility index (Phi) is 2.04. The van der Waals surface area contributed by atoms with Gasteiger partial charge in [0.05, 0.1) is 0 Å². The molecule has 1 aromatic heterocycles. The number of aromatic nitrogens is 1. The number of Topliss-reactive ketones (excluding diaryl/α,β-unsaturated/α-hetero) is 1. The first kappa shape index (κ1) is 8.87. The Labute approximate surface area is 80.4 Å². The van der Waals surface area contributed by atoms with E-state index in [-0.39, 0.29) is 11.6 Å². The van der Waals surface area contributed by atoms with Gasteiger partial charge in [-0.15, -0.1) is 0 Å². The zero-order valence-corrected chi connectivity index (χ0v) is 7.46. The van der Waals surface area contributed by atoms with Crippen LogP contribution in [0, 0.1) is 5.82 Å². The normalized spacial score (nSPS) is 15.8. The van der Waals surface area contributed by atoms with Crippen molar-refractivity contribution in [1.29, 1.82) is 0 Å². The van der Waals surface area contributed by atoms with Crippen molar-refractivity contribution in [1.82, 2.24) is 4.98 Å². The van der Waals surface area contributed by atoms with E-state index in [0.29, 0.717) is 17.6 Å². The summed E-state index contributed by atoms with van der Waals surface area (Å²) < 4.78 is 13.0. The van der Waals surface area contributed by atoms with E-state index in [2.05, 4.69) is 4.98 Å². The Balaban J connectivity index is 2.42. The standard InChI is InChI=1S/C10H9FN2O/c11-8-4-6(5-13-10(8)12)7-2-1-3-9(7)14/h2,4-5H,1,3H2,(H2,12,13). The van der Waals surface area contributed by atoms with Crippen LogP contribution < -0.4 is 5.73 Å². The molecule has 3 nitrogen and oxygen atoms in total. The van der Waals surface area contributed by atoms with Gasteiger partial charge in [-0.05, 0) is 12.5 Å². The molecule has 14 heavy (non-hydrogen) atoms. The minimum atomic E-state index is -0.580. The fourth-order valence-corrected chi connectivity index (χ4v) is 1.47. The summed E-state index contributed by atoms with van der Waals surface area (Å²) in [5, 5.41) is 0. The maximum atomic E-state index is 13.0. The van der Waals surface area contributed by atoms with Gasteiger partial charge in [-0.3, -0.25) is 4.79 Å². The molecule has 0 aromatic carbocycles. The lowest BCUT2D eigenvalue weighted by atomic mass is 10.1. The van der Waals surface area contributed by atoms with Crippen LogP contribution in [-0.4, -0.2) is 10.8 Å². The maximum Gasteiger partial charge on any atom is 0.165 e. The van der Waals surface area contributed by atoms with Crippen molar-refractivity contribution in [2.24, 2.45) is 0 Å². The number of halogens is 1. The van der Waals surface area contributed by atoms with Crippen LogP contribution in [0.2, 0.25) is 0 Å². The van der Waals surface area contributed by atoms with Crippen molar-refractivity contribution in [3.63, 3.8) is 0 Å². The highest BCUT2D eigenvalue weighted by molar-refractivity contribution is 6.22. The predicted octanol–water partition coefficient (Wildman–Crippen LogP) is 1.55. The van der Waals surface area contributed by atoms with E-state index in [1.54, 1.807) is 6.08 Å². The number of anilines is 1. The van der Waals surface area contributed by atoms with Crippen LogP contribution in [0.15, 0.2) is 18.3 Å². The molecule has 1 aromatic rings. The number of hydrogen-bond donors (Lipinski definition) is 1. The summed E-state index contributed by atoms with van der Waals surface area (Å²) in [6, 6.07) is 1.25. The van der Waals surface area contributed by atoms with Crippen molar-refractivity contribution < 1.29 is 9.18 Å². The number of nitrogens with zero attached hydrogens (tertiary/aromatic N) is 1. The topological polar surface area (TPSA) is 56.0 Å². The first-order valence-corrected chi connectivity index (χ1v) is 4.33. The van der Waals surface area contributed by atoms with Gasteiger partial charge < -0.3 is 5.73 Å². The van der Waals surface area contributed by atoms with Crippen molar-refractivity contribution in [2.45, 2.75) is 12.8 Å². The molecule has 2 rings (SSSR count). The molecule has 72 valence electrons. The average Bonchev–Trinajstić information content (AvgIpc) is 2.57. The van der Waals surface area contributed by atoms with Crippen molar-refractivity contribution >= 4 is 17.2 Å². The summed E-state index contributed by atoms with van der Waals surface area (Å²) in [6.07, 6.45) is 4.45. The number of carbonyl (C=O) groups is 1. The van der Waals surface area contributed by atoms with Crippen LogP contribution in [0.25, 0.3) is 5.57 Å². The smallest absolute Gasteiger partial charge is 0.165 e. The molecule has 0 fully saturated rings. The molecular formula is C10H9FN2O. The molecule has 1 heterocycles. The molecule has 0 aliphatic heterocycles. The van der Waals surface area contributed by atoms with E-state index >= 15 is 0 Å². The molecule has 0 amide bonds. The van der Waals surface area contributed by atoms with Gasteiger partial charge in [-0.25, -0.2) is 9.37 Å². The Bertz CT molecular complexity index is 426. The van der Waals surface area contributed by atoms with E-state index in [1.807, 2.05) is 0 Å². The fraction of sp³-hybridized carbons (Fsp3) is 0.200. The third-order valence-corrected chi connectivity index (χ3v) is 2.20. The monoisotopic (exact) mass is 192 g/mol. The van der Waals surface area contributed by atoms with Crippen molar-refractivity contribution in [3.05, 3.63) is 29.7 Å². The minimum absolute atomic E-state index is 0.0379. The lowest BCUT2D eigenvalue weighted by molar-refractivity contribution is -0.113. The Hall–Kier alpha value is -1.71. The molecule has 0 saturated carbocycles. The van der Waals surface area contributed by atoms with Gasteiger partial charge in [0.15, 0.2) is 17.4 Å². The van der Waals surface area contributed by atoms with E-state index in [9.17, 15) is 9.18 Å². The number of nitrogens with two attached hydrogens (primary N) is 1. The zero-order valence-electron chi connectivity index (χ0n) is 7.46. The van der Waals surface area contributed by atoms with E-state index in [4.69, 9.17) is 5.73 Å². The Morgan fingerprint density at radius 1 is 1.50 bits per heavy atom. The fourth-order valence-electron chi connectivity index (χ4n) is 1.47. The van der Waals surface area contributed by atoms with Crippen LogP contribution in [0.1, 0.15) is 18.4 Å². The second-order valence-corrected chi connectivity index (χ2v) is 3.17. The van der Waals surface area contributed by atoms with Crippen molar-refractivity contribution in [3.8, 4) is 0 Å². The highest BCUT2D eigenvalue weighted by atomic mass is 19.1. The number of pyridine rings is 1. The molecule has 0 bridgehead atoms. The van der Waals surface area contributed by atoms with Gasteiger partial charge >= 0.3 is 0 Å². The number of ketones is 1. The lowest BCUT2D eigenvalue weighted by Gasteiger charge is -2.01. The largest absolute Gasteiger partial charge is 0.381 e. The van der Waals surface area contributed by atoms with E-state index in [1.165, 1.54) is 12.3 Å². The summed E-state index contributed by atoms with van der Waals surface area (Å²) in [6.45, 7) is 0. The van der Waals surface area contributed by atoms with Crippen LogP contribution >= 0.6 is 0 Å². The van der Waals surface area contributed by atoms with Gasteiger partial charge in [-0.1, -0.05) is 6.08 Å². The van der Waals surface area contributed by atoms with Crippen LogP contribution in [0.3, 0.4) is 0 Å².